The third kappa shape index (κ3) is 4.13. The molecule has 0 spiro atoms. The molecule has 0 heterocycles. The standard InChI is InChI=1S/C17H20ClNO2/c1-12(14-5-4-6-15(10-14)20-2)19-11-13-7-8-17(21-3)16(18)9-13/h4-10,12,19H,11H2,1-3H3/t12-/m0/s1. The van der Waals surface area contributed by atoms with Gasteiger partial charge >= 0.3 is 0 Å². The number of rotatable bonds is 6. The minimum atomic E-state index is 0.223. The Morgan fingerprint density at radius 1 is 1.10 bits per heavy atom. The van der Waals surface area contributed by atoms with Crippen LogP contribution in [0.2, 0.25) is 5.02 Å². The Kier molecular flexibility index (Phi) is 5.48. The van der Waals surface area contributed by atoms with E-state index in [0.29, 0.717) is 10.8 Å². The molecule has 0 radical (unpaired) electrons. The SMILES string of the molecule is COc1cccc([C@H](C)NCc2ccc(OC)c(Cl)c2)c1. The van der Waals surface area contributed by atoms with E-state index in [-0.39, 0.29) is 6.04 Å². The lowest BCUT2D eigenvalue weighted by atomic mass is 10.1. The van der Waals surface area contributed by atoms with E-state index in [9.17, 15) is 0 Å². The molecule has 3 nitrogen and oxygen atoms in total. The summed E-state index contributed by atoms with van der Waals surface area (Å²) in [6.45, 7) is 2.86. The average Bonchev–Trinajstić information content (AvgIpc) is 2.52. The monoisotopic (exact) mass is 305 g/mol. The first-order valence-electron chi connectivity index (χ1n) is 6.83. The van der Waals surface area contributed by atoms with Crippen molar-refractivity contribution in [1.29, 1.82) is 0 Å². The van der Waals surface area contributed by atoms with E-state index in [4.69, 9.17) is 21.1 Å². The Bertz CT molecular complexity index is 601. The number of benzene rings is 2. The molecule has 2 aromatic rings. The van der Waals surface area contributed by atoms with Gasteiger partial charge in [0.2, 0.25) is 0 Å². The van der Waals surface area contributed by atoms with Gasteiger partial charge in [0.15, 0.2) is 0 Å². The molecule has 1 atom stereocenters. The van der Waals surface area contributed by atoms with Crippen LogP contribution >= 0.6 is 11.6 Å². The molecule has 0 bridgehead atoms. The van der Waals surface area contributed by atoms with Crippen LogP contribution in [-0.2, 0) is 6.54 Å². The van der Waals surface area contributed by atoms with Gasteiger partial charge in [-0.05, 0) is 42.3 Å². The van der Waals surface area contributed by atoms with Crippen LogP contribution in [0.3, 0.4) is 0 Å². The topological polar surface area (TPSA) is 30.5 Å². The molecule has 0 fully saturated rings. The molecule has 0 aliphatic rings. The predicted molar refractivity (Wildman–Crippen MR) is 86.3 cm³/mol. The molecule has 0 aliphatic heterocycles. The van der Waals surface area contributed by atoms with Crippen molar-refractivity contribution in [2.75, 3.05) is 14.2 Å². The average molecular weight is 306 g/mol. The molecule has 4 heteroatoms. The number of hydrogen-bond donors (Lipinski definition) is 1. The van der Waals surface area contributed by atoms with Gasteiger partial charge in [-0.3, -0.25) is 0 Å². The van der Waals surface area contributed by atoms with E-state index >= 15 is 0 Å². The first kappa shape index (κ1) is 15.7. The van der Waals surface area contributed by atoms with Gasteiger partial charge in [-0.2, -0.15) is 0 Å². The van der Waals surface area contributed by atoms with Gasteiger partial charge in [-0.15, -0.1) is 0 Å². The van der Waals surface area contributed by atoms with Crippen molar-refractivity contribution < 1.29 is 9.47 Å². The summed E-state index contributed by atoms with van der Waals surface area (Å²) < 4.78 is 10.4. The molecule has 0 aromatic heterocycles. The fourth-order valence-corrected chi connectivity index (χ4v) is 2.40. The lowest BCUT2D eigenvalue weighted by Gasteiger charge is -2.15. The van der Waals surface area contributed by atoms with Crippen LogP contribution in [0.5, 0.6) is 11.5 Å². The van der Waals surface area contributed by atoms with Crippen molar-refractivity contribution in [2.45, 2.75) is 19.5 Å². The summed E-state index contributed by atoms with van der Waals surface area (Å²) in [4.78, 5) is 0. The Balaban J connectivity index is 2.00. The van der Waals surface area contributed by atoms with Gasteiger partial charge in [-0.25, -0.2) is 0 Å². The third-order valence-electron chi connectivity index (χ3n) is 3.42. The van der Waals surface area contributed by atoms with Gasteiger partial charge in [0.1, 0.15) is 11.5 Å². The van der Waals surface area contributed by atoms with Crippen molar-refractivity contribution in [2.24, 2.45) is 0 Å². The van der Waals surface area contributed by atoms with E-state index in [1.807, 2.05) is 36.4 Å². The van der Waals surface area contributed by atoms with Gasteiger partial charge in [0.25, 0.3) is 0 Å². The highest BCUT2D eigenvalue weighted by atomic mass is 35.5. The predicted octanol–water partition coefficient (Wildman–Crippen LogP) is 4.21. The maximum Gasteiger partial charge on any atom is 0.137 e. The molecular weight excluding hydrogens is 286 g/mol. The number of ether oxygens (including phenoxy) is 2. The number of methoxy groups -OCH3 is 2. The minimum absolute atomic E-state index is 0.223. The largest absolute Gasteiger partial charge is 0.497 e. The molecule has 112 valence electrons. The van der Waals surface area contributed by atoms with Gasteiger partial charge < -0.3 is 14.8 Å². The summed E-state index contributed by atoms with van der Waals surface area (Å²) in [6, 6.07) is 14.1. The zero-order chi connectivity index (χ0) is 15.2. The summed E-state index contributed by atoms with van der Waals surface area (Å²) in [5.74, 6) is 1.56. The van der Waals surface area contributed by atoms with Gasteiger partial charge in [0, 0.05) is 12.6 Å². The first-order chi connectivity index (χ1) is 10.1. The number of halogens is 1. The van der Waals surface area contributed by atoms with Crippen LogP contribution in [-0.4, -0.2) is 14.2 Å². The van der Waals surface area contributed by atoms with Crippen LogP contribution in [0.25, 0.3) is 0 Å². The molecule has 21 heavy (non-hydrogen) atoms. The smallest absolute Gasteiger partial charge is 0.137 e. The Hall–Kier alpha value is -1.71. The van der Waals surface area contributed by atoms with Gasteiger partial charge in [0.05, 0.1) is 19.2 Å². The molecule has 2 aromatic carbocycles. The van der Waals surface area contributed by atoms with Crippen molar-refractivity contribution in [3.05, 3.63) is 58.6 Å². The highest BCUT2D eigenvalue weighted by molar-refractivity contribution is 6.32. The van der Waals surface area contributed by atoms with Crippen molar-refractivity contribution >= 4 is 11.6 Å². The molecule has 0 unspecified atom stereocenters. The molecule has 2 rings (SSSR count). The minimum Gasteiger partial charge on any atom is -0.497 e. The van der Waals surface area contributed by atoms with E-state index < -0.39 is 0 Å². The fraction of sp³-hybridized carbons (Fsp3) is 0.294. The lowest BCUT2D eigenvalue weighted by Crippen LogP contribution is -2.18. The summed E-state index contributed by atoms with van der Waals surface area (Å²) in [6.07, 6.45) is 0. The quantitative estimate of drug-likeness (QED) is 0.867. The summed E-state index contributed by atoms with van der Waals surface area (Å²) in [5, 5.41) is 4.11. The van der Waals surface area contributed by atoms with Gasteiger partial charge in [-0.1, -0.05) is 29.8 Å². The maximum atomic E-state index is 6.13. The Morgan fingerprint density at radius 3 is 2.57 bits per heavy atom. The third-order valence-corrected chi connectivity index (χ3v) is 3.72. The van der Waals surface area contributed by atoms with E-state index in [0.717, 1.165) is 17.9 Å². The van der Waals surface area contributed by atoms with E-state index in [1.165, 1.54) is 5.56 Å². The number of hydrogen-bond acceptors (Lipinski definition) is 3. The number of nitrogens with one attached hydrogen (secondary N) is 1. The van der Waals surface area contributed by atoms with Crippen LogP contribution in [0.4, 0.5) is 0 Å². The molecule has 0 saturated heterocycles. The molecular formula is C17H20ClNO2. The summed E-state index contributed by atoms with van der Waals surface area (Å²) in [5.41, 5.74) is 2.31. The zero-order valence-corrected chi connectivity index (χ0v) is 13.3. The molecule has 0 saturated carbocycles. The van der Waals surface area contributed by atoms with Crippen molar-refractivity contribution in [3.8, 4) is 11.5 Å². The van der Waals surface area contributed by atoms with Crippen molar-refractivity contribution in [3.63, 3.8) is 0 Å². The lowest BCUT2D eigenvalue weighted by molar-refractivity contribution is 0.413. The first-order valence-corrected chi connectivity index (χ1v) is 7.21. The van der Waals surface area contributed by atoms with Crippen LogP contribution in [0.1, 0.15) is 24.1 Å². The Morgan fingerprint density at radius 2 is 1.90 bits per heavy atom. The highest BCUT2D eigenvalue weighted by Crippen LogP contribution is 2.25. The fourth-order valence-electron chi connectivity index (χ4n) is 2.12. The van der Waals surface area contributed by atoms with E-state index in [1.54, 1.807) is 14.2 Å². The van der Waals surface area contributed by atoms with Crippen LogP contribution < -0.4 is 14.8 Å². The zero-order valence-electron chi connectivity index (χ0n) is 12.5. The molecule has 0 amide bonds. The van der Waals surface area contributed by atoms with Crippen LogP contribution in [0.15, 0.2) is 42.5 Å². The maximum absolute atomic E-state index is 6.13. The molecule has 0 aliphatic carbocycles. The van der Waals surface area contributed by atoms with Crippen molar-refractivity contribution in [1.82, 2.24) is 5.32 Å². The summed E-state index contributed by atoms with van der Waals surface area (Å²) in [7, 11) is 3.29. The second kappa shape index (κ2) is 7.34. The van der Waals surface area contributed by atoms with Crippen LogP contribution in [0, 0.1) is 0 Å². The summed E-state index contributed by atoms with van der Waals surface area (Å²) >= 11 is 6.13. The highest BCUT2D eigenvalue weighted by Gasteiger charge is 2.07. The normalized spacial score (nSPS) is 12.0. The second-order valence-electron chi connectivity index (χ2n) is 4.85. The van der Waals surface area contributed by atoms with E-state index in [2.05, 4.69) is 18.3 Å². The second-order valence-corrected chi connectivity index (χ2v) is 5.26. The Labute approximate surface area is 130 Å². The molecule has 1 N–H and O–H groups in total.